The van der Waals surface area contributed by atoms with E-state index in [1.165, 1.54) is 6.92 Å². The number of nitrogens with one attached hydrogen (secondary N) is 6. The molecule has 0 aromatic carbocycles. The number of rotatable bonds is 24. The monoisotopic (exact) mass is 811 g/mol. The van der Waals surface area contributed by atoms with E-state index in [0.29, 0.717) is 6.42 Å². The van der Waals surface area contributed by atoms with Gasteiger partial charge in [0, 0.05) is 13.0 Å². The SMILES string of the molecule is CC(C)C[C@H](NC(=O)[C@H](C)N)C(=O)N[C@@H](CC(N)=O)C(=O)N[C@@H](CCC(=O)O)C(=O)N[C@@H](CC(C)C)C(=O)N[C@H](C(=O)NCC(=O)N1CCC[C@H]1C(=O)O)C(C)C. The summed E-state index contributed by atoms with van der Waals surface area (Å²) < 4.78 is 0. The highest BCUT2D eigenvalue weighted by atomic mass is 16.4. The molecule has 1 aliphatic rings. The summed E-state index contributed by atoms with van der Waals surface area (Å²) in [7, 11) is 0. The van der Waals surface area contributed by atoms with Crippen LogP contribution in [0.15, 0.2) is 0 Å². The Balaban J connectivity index is 3.24. The number of primary amides is 1. The Kier molecular flexibility index (Phi) is 20.6. The van der Waals surface area contributed by atoms with E-state index in [1.54, 1.807) is 41.5 Å². The molecule has 0 unspecified atom stereocenters. The van der Waals surface area contributed by atoms with Crippen LogP contribution in [0.5, 0.6) is 0 Å². The van der Waals surface area contributed by atoms with Crippen molar-refractivity contribution < 1.29 is 58.2 Å². The minimum absolute atomic E-state index is 0.0262. The normalized spacial score (nSPS) is 17.0. The van der Waals surface area contributed by atoms with E-state index in [2.05, 4.69) is 31.9 Å². The van der Waals surface area contributed by atoms with Crippen LogP contribution in [0, 0.1) is 17.8 Å². The van der Waals surface area contributed by atoms with Gasteiger partial charge in [-0.3, -0.25) is 43.2 Å². The first-order chi connectivity index (χ1) is 26.4. The predicted molar refractivity (Wildman–Crippen MR) is 203 cm³/mol. The molecule has 0 radical (unpaired) electrons. The average molecular weight is 812 g/mol. The van der Waals surface area contributed by atoms with Gasteiger partial charge < -0.3 is 58.5 Å². The molecule has 0 aliphatic carbocycles. The number of nitrogens with zero attached hydrogens (tertiary/aromatic N) is 1. The van der Waals surface area contributed by atoms with Crippen LogP contribution in [-0.2, 0) is 47.9 Å². The molecular weight excluding hydrogens is 750 g/mol. The largest absolute Gasteiger partial charge is 0.481 e. The lowest BCUT2D eigenvalue weighted by Crippen LogP contribution is -2.60. The molecule has 1 aliphatic heterocycles. The van der Waals surface area contributed by atoms with E-state index < -0.39 is 133 Å². The van der Waals surface area contributed by atoms with Gasteiger partial charge >= 0.3 is 11.9 Å². The van der Waals surface area contributed by atoms with Gasteiger partial charge in [-0.25, -0.2) is 4.79 Å². The standard InChI is InChI=1S/C36H61N9O12/c1-17(2)13-22(41-30(50)20(7)37)32(52)43-24(15-26(38)46)33(53)40-21(10-11-28(48)49)31(51)42-23(14-18(3)4)34(54)44-29(19(5)6)35(55)39-16-27(47)45-12-8-9-25(45)36(56)57/h17-25,29H,8-16,37H2,1-7H3,(H2,38,46)(H,39,55)(H,40,53)(H,41,50)(H,42,51)(H,43,52)(H,44,54)(H,48,49)(H,56,57)/t20-,21-,22-,23-,24-,25-,29-/m0/s1. The van der Waals surface area contributed by atoms with Crippen molar-refractivity contribution in [3.8, 4) is 0 Å². The molecule has 0 bridgehead atoms. The van der Waals surface area contributed by atoms with Gasteiger partial charge in [0.1, 0.15) is 36.3 Å². The molecule has 322 valence electrons. The van der Waals surface area contributed by atoms with E-state index in [4.69, 9.17) is 11.5 Å². The van der Waals surface area contributed by atoms with Crippen molar-refractivity contribution in [1.82, 2.24) is 36.8 Å². The molecule has 21 nitrogen and oxygen atoms in total. The highest BCUT2D eigenvalue weighted by Crippen LogP contribution is 2.17. The molecule has 1 rings (SSSR count). The molecule has 1 heterocycles. The molecule has 0 spiro atoms. The van der Waals surface area contributed by atoms with E-state index >= 15 is 0 Å². The number of hydrogen-bond donors (Lipinski definition) is 10. The number of nitrogens with two attached hydrogens (primary N) is 2. The smallest absolute Gasteiger partial charge is 0.326 e. The highest BCUT2D eigenvalue weighted by Gasteiger charge is 2.36. The fourth-order valence-corrected chi connectivity index (χ4v) is 5.96. The lowest BCUT2D eigenvalue weighted by Gasteiger charge is -2.28. The molecule has 8 amide bonds. The third kappa shape index (κ3) is 17.6. The maximum absolute atomic E-state index is 13.7. The third-order valence-corrected chi connectivity index (χ3v) is 8.93. The summed E-state index contributed by atoms with van der Waals surface area (Å²) in [6, 6.07) is -8.93. The number of carbonyl (C=O) groups is 10. The van der Waals surface area contributed by atoms with Crippen molar-refractivity contribution in [2.75, 3.05) is 13.1 Å². The van der Waals surface area contributed by atoms with Crippen molar-refractivity contribution in [3.63, 3.8) is 0 Å². The Morgan fingerprint density at radius 2 is 1.14 bits per heavy atom. The van der Waals surface area contributed by atoms with E-state index in [9.17, 15) is 58.2 Å². The number of carboxylic acid groups (broad SMARTS) is 2. The first-order valence-electron chi connectivity index (χ1n) is 19.0. The number of likely N-dealkylation sites (tertiary alicyclic amines) is 1. The number of amides is 8. The van der Waals surface area contributed by atoms with Crippen molar-refractivity contribution >= 4 is 59.2 Å². The number of carboxylic acids is 2. The van der Waals surface area contributed by atoms with Crippen LogP contribution in [0.2, 0.25) is 0 Å². The maximum atomic E-state index is 13.7. The maximum Gasteiger partial charge on any atom is 0.326 e. The predicted octanol–water partition coefficient (Wildman–Crippen LogP) is -2.56. The molecule has 12 N–H and O–H groups in total. The Morgan fingerprint density at radius 1 is 0.667 bits per heavy atom. The minimum atomic E-state index is -1.66. The van der Waals surface area contributed by atoms with Crippen LogP contribution in [-0.4, -0.2) is 130 Å². The number of carbonyl (C=O) groups excluding carboxylic acids is 8. The first-order valence-corrected chi connectivity index (χ1v) is 19.0. The van der Waals surface area contributed by atoms with Gasteiger partial charge in [-0.2, -0.15) is 0 Å². The summed E-state index contributed by atoms with van der Waals surface area (Å²) in [5, 5.41) is 33.5. The summed E-state index contributed by atoms with van der Waals surface area (Å²) in [5.41, 5.74) is 11.0. The van der Waals surface area contributed by atoms with Crippen LogP contribution in [0.1, 0.15) is 93.4 Å². The molecule has 7 atom stereocenters. The second kappa shape index (κ2) is 23.7. The summed E-state index contributed by atoms with van der Waals surface area (Å²) in [5.74, 6) is -10.1. The lowest BCUT2D eigenvalue weighted by molar-refractivity contribution is -0.148. The van der Waals surface area contributed by atoms with Crippen molar-refractivity contribution in [3.05, 3.63) is 0 Å². The molecule has 1 fully saturated rings. The van der Waals surface area contributed by atoms with Crippen LogP contribution in [0.25, 0.3) is 0 Å². The van der Waals surface area contributed by atoms with E-state index in [-0.39, 0.29) is 37.6 Å². The Labute approximate surface area is 331 Å². The van der Waals surface area contributed by atoms with E-state index in [1.807, 2.05) is 0 Å². The fourth-order valence-electron chi connectivity index (χ4n) is 5.96. The van der Waals surface area contributed by atoms with Gasteiger partial charge in [0.05, 0.1) is 19.0 Å². The van der Waals surface area contributed by atoms with Gasteiger partial charge in [-0.1, -0.05) is 41.5 Å². The summed E-state index contributed by atoms with van der Waals surface area (Å²) in [4.78, 5) is 129. The van der Waals surface area contributed by atoms with Gasteiger partial charge in [-0.15, -0.1) is 0 Å². The molecule has 0 aromatic heterocycles. The Hall–Kier alpha value is -5.34. The average Bonchev–Trinajstić information content (AvgIpc) is 3.60. The molecule has 57 heavy (non-hydrogen) atoms. The van der Waals surface area contributed by atoms with Crippen molar-refractivity contribution in [2.45, 2.75) is 136 Å². The van der Waals surface area contributed by atoms with Crippen molar-refractivity contribution in [1.29, 1.82) is 0 Å². The quantitative estimate of drug-likeness (QED) is 0.0480. The second-order valence-electron chi connectivity index (χ2n) is 15.4. The molecule has 0 saturated carbocycles. The zero-order chi connectivity index (χ0) is 43.7. The number of aliphatic carboxylic acids is 2. The van der Waals surface area contributed by atoms with Gasteiger partial charge in [0.2, 0.25) is 47.3 Å². The Bertz CT molecular complexity index is 1490. The molecular formula is C36H61N9O12. The van der Waals surface area contributed by atoms with Crippen molar-refractivity contribution in [2.24, 2.45) is 29.2 Å². The first kappa shape index (κ1) is 49.7. The number of hydrogen-bond acceptors (Lipinski definition) is 11. The molecule has 21 heteroatoms. The highest BCUT2D eigenvalue weighted by molar-refractivity contribution is 5.98. The summed E-state index contributed by atoms with van der Waals surface area (Å²) in [6.07, 6.45) is -0.912. The lowest BCUT2D eigenvalue weighted by atomic mass is 9.99. The zero-order valence-electron chi connectivity index (χ0n) is 33.7. The summed E-state index contributed by atoms with van der Waals surface area (Å²) in [6.45, 7) is 11.4. The van der Waals surface area contributed by atoms with E-state index in [0.717, 1.165) is 4.90 Å². The molecule has 0 aromatic rings. The van der Waals surface area contributed by atoms with Gasteiger partial charge in [0.15, 0.2) is 0 Å². The second-order valence-corrected chi connectivity index (χ2v) is 15.4. The zero-order valence-corrected chi connectivity index (χ0v) is 33.7. The van der Waals surface area contributed by atoms with Gasteiger partial charge in [-0.05, 0) is 56.8 Å². The third-order valence-electron chi connectivity index (χ3n) is 8.93. The van der Waals surface area contributed by atoms with Crippen LogP contribution < -0.4 is 43.4 Å². The minimum Gasteiger partial charge on any atom is -0.481 e. The van der Waals surface area contributed by atoms with Crippen LogP contribution in [0.4, 0.5) is 0 Å². The molecule has 1 saturated heterocycles. The summed E-state index contributed by atoms with van der Waals surface area (Å²) >= 11 is 0. The topological polar surface area (TPSA) is 339 Å². The van der Waals surface area contributed by atoms with Gasteiger partial charge in [0.25, 0.3) is 0 Å². The Morgan fingerprint density at radius 3 is 1.61 bits per heavy atom. The van der Waals surface area contributed by atoms with Crippen LogP contribution >= 0.6 is 0 Å². The fraction of sp³-hybridized carbons (Fsp3) is 0.722. The van der Waals surface area contributed by atoms with Crippen LogP contribution in [0.3, 0.4) is 0 Å².